The Morgan fingerprint density at radius 2 is 2.29 bits per heavy atom. The van der Waals surface area contributed by atoms with E-state index < -0.39 is 9.84 Å². The van der Waals surface area contributed by atoms with Crippen LogP contribution in [0.2, 0.25) is 0 Å². The third kappa shape index (κ3) is 2.90. The number of hydrogen-bond donors (Lipinski definition) is 1. The Hall–Kier alpha value is -1.25. The van der Waals surface area contributed by atoms with Crippen molar-refractivity contribution in [3.8, 4) is 0 Å². The summed E-state index contributed by atoms with van der Waals surface area (Å²) >= 11 is 1.49. The minimum atomic E-state index is -3.19. The lowest BCUT2D eigenvalue weighted by Crippen LogP contribution is -2.02. The molecule has 0 radical (unpaired) electrons. The highest BCUT2D eigenvalue weighted by Gasteiger charge is 2.10. The number of aromatic nitrogens is 3. The van der Waals surface area contributed by atoms with Crippen LogP contribution in [0.4, 0.5) is 0 Å². The molecule has 92 valence electrons. The molecule has 0 saturated heterocycles. The zero-order valence-corrected chi connectivity index (χ0v) is 10.8. The standard InChI is InChI=1S/C9H12N4O2S2/c1-17(14,15)8-3-11-13(5-8)4-7-6-16-9(2-10)12-7/h3,5-6H,2,4,10H2,1H3. The molecular weight excluding hydrogens is 260 g/mol. The van der Waals surface area contributed by atoms with Gasteiger partial charge in [0.05, 0.1) is 18.4 Å². The third-order valence-corrected chi connectivity index (χ3v) is 4.12. The largest absolute Gasteiger partial charge is 0.325 e. The van der Waals surface area contributed by atoms with Crippen molar-refractivity contribution in [3.05, 3.63) is 28.5 Å². The van der Waals surface area contributed by atoms with Crippen molar-refractivity contribution >= 4 is 21.2 Å². The second kappa shape index (κ2) is 4.55. The number of rotatable bonds is 4. The lowest BCUT2D eigenvalue weighted by molar-refractivity contribution is 0.601. The molecule has 0 unspecified atom stereocenters. The maximum absolute atomic E-state index is 11.3. The van der Waals surface area contributed by atoms with Gasteiger partial charge in [0.25, 0.3) is 0 Å². The Kier molecular flexibility index (Phi) is 3.27. The Bertz CT molecular complexity index is 614. The Morgan fingerprint density at radius 1 is 1.53 bits per heavy atom. The van der Waals surface area contributed by atoms with E-state index in [0.29, 0.717) is 13.1 Å². The monoisotopic (exact) mass is 272 g/mol. The quantitative estimate of drug-likeness (QED) is 0.861. The van der Waals surface area contributed by atoms with Crippen LogP contribution in [-0.2, 0) is 22.9 Å². The molecule has 0 aromatic carbocycles. The predicted molar refractivity (Wildman–Crippen MR) is 64.4 cm³/mol. The maximum atomic E-state index is 11.3. The van der Waals surface area contributed by atoms with E-state index in [-0.39, 0.29) is 4.90 Å². The van der Waals surface area contributed by atoms with Crippen LogP contribution in [0.25, 0.3) is 0 Å². The van der Waals surface area contributed by atoms with Crippen molar-refractivity contribution in [1.29, 1.82) is 0 Å². The summed E-state index contributed by atoms with van der Waals surface area (Å²) in [6.45, 7) is 0.865. The lowest BCUT2D eigenvalue weighted by Gasteiger charge is -1.96. The molecule has 2 heterocycles. The molecule has 8 heteroatoms. The van der Waals surface area contributed by atoms with Gasteiger partial charge in [-0.15, -0.1) is 11.3 Å². The molecule has 0 bridgehead atoms. The Morgan fingerprint density at radius 3 is 2.82 bits per heavy atom. The van der Waals surface area contributed by atoms with Crippen LogP contribution in [0.5, 0.6) is 0 Å². The van der Waals surface area contributed by atoms with E-state index in [1.165, 1.54) is 23.7 Å². The SMILES string of the molecule is CS(=O)(=O)c1cnn(Cc2csc(CN)n2)c1. The van der Waals surface area contributed by atoms with Crippen molar-refractivity contribution in [3.63, 3.8) is 0 Å². The third-order valence-electron chi connectivity index (χ3n) is 2.14. The van der Waals surface area contributed by atoms with E-state index in [1.54, 1.807) is 4.68 Å². The van der Waals surface area contributed by atoms with Gasteiger partial charge >= 0.3 is 0 Å². The first-order valence-electron chi connectivity index (χ1n) is 4.85. The first-order chi connectivity index (χ1) is 7.99. The van der Waals surface area contributed by atoms with E-state index in [4.69, 9.17) is 5.73 Å². The number of hydrogen-bond acceptors (Lipinski definition) is 6. The predicted octanol–water partition coefficient (Wildman–Crippen LogP) is 0.250. The molecule has 2 aromatic rings. The zero-order valence-electron chi connectivity index (χ0n) is 9.20. The molecular formula is C9H12N4O2S2. The number of sulfone groups is 1. The summed E-state index contributed by atoms with van der Waals surface area (Å²) in [5.74, 6) is 0. The summed E-state index contributed by atoms with van der Waals surface area (Å²) in [4.78, 5) is 4.49. The second-order valence-electron chi connectivity index (χ2n) is 3.58. The van der Waals surface area contributed by atoms with Crippen LogP contribution in [0.1, 0.15) is 10.7 Å². The molecule has 0 saturated carbocycles. The molecule has 0 aliphatic heterocycles. The average Bonchev–Trinajstić information content (AvgIpc) is 2.86. The average molecular weight is 272 g/mol. The van der Waals surface area contributed by atoms with Crippen molar-refractivity contribution in [2.75, 3.05) is 6.26 Å². The van der Waals surface area contributed by atoms with E-state index in [2.05, 4.69) is 10.1 Å². The summed E-state index contributed by atoms with van der Waals surface area (Å²) < 4.78 is 24.1. The van der Waals surface area contributed by atoms with Crippen molar-refractivity contribution in [2.45, 2.75) is 18.0 Å². The molecule has 2 N–H and O–H groups in total. The summed E-state index contributed by atoms with van der Waals surface area (Å²) in [6.07, 6.45) is 3.99. The van der Waals surface area contributed by atoms with E-state index >= 15 is 0 Å². The highest BCUT2D eigenvalue weighted by Crippen LogP contribution is 2.12. The zero-order chi connectivity index (χ0) is 12.5. The molecule has 0 fully saturated rings. The van der Waals surface area contributed by atoms with Crippen molar-refractivity contribution in [1.82, 2.24) is 14.8 Å². The van der Waals surface area contributed by atoms with Crippen LogP contribution in [-0.4, -0.2) is 29.4 Å². The van der Waals surface area contributed by atoms with Gasteiger partial charge in [-0.3, -0.25) is 4.68 Å². The summed E-state index contributed by atoms with van der Waals surface area (Å²) in [5.41, 5.74) is 6.30. The molecule has 6 nitrogen and oxygen atoms in total. The maximum Gasteiger partial charge on any atom is 0.178 e. The molecule has 2 aromatic heterocycles. The fourth-order valence-electron chi connectivity index (χ4n) is 1.30. The number of nitrogens with zero attached hydrogens (tertiary/aromatic N) is 3. The smallest absolute Gasteiger partial charge is 0.178 e. The molecule has 0 spiro atoms. The van der Waals surface area contributed by atoms with E-state index in [9.17, 15) is 8.42 Å². The molecule has 0 aliphatic carbocycles. The van der Waals surface area contributed by atoms with Crippen LogP contribution in [0, 0.1) is 0 Å². The van der Waals surface area contributed by atoms with Gasteiger partial charge in [-0.1, -0.05) is 0 Å². The Balaban J connectivity index is 2.17. The molecule has 0 aliphatic rings. The van der Waals surface area contributed by atoms with Gasteiger partial charge < -0.3 is 5.73 Å². The van der Waals surface area contributed by atoms with Crippen LogP contribution >= 0.6 is 11.3 Å². The van der Waals surface area contributed by atoms with Gasteiger partial charge in [-0.2, -0.15) is 5.10 Å². The topological polar surface area (TPSA) is 90.9 Å². The minimum Gasteiger partial charge on any atom is -0.325 e. The van der Waals surface area contributed by atoms with Gasteiger partial charge in [-0.05, 0) is 0 Å². The fraction of sp³-hybridized carbons (Fsp3) is 0.333. The molecule has 0 amide bonds. The highest BCUT2D eigenvalue weighted by atomic mass is 32.2. The van der Waals surface area contributed by atoms with Crippen LogP contribution in [0.3, 0.4) is 0 Å². The molecule has 0 atom stereocenters. The summed E-state index contributed by atoms with van der Waals surface area (Å²) in [7, 11) is -3.19. The first-order valence-corrected chi connectivity index (χ1v) is 7.62. The second-order valence-corrected chi connectivity index (χ2v) is 6.54. The normalized spacial score (nSPS) is 11.9. The van der Waals surface area contributed by atoms with Gasteiger partial charge in [0, 0.05) is 24.4 Å². The van der Waals surface area contributed by atoms with E-state index in [0.717, 1.165) is 17.0 Å². The number of nitrogens with two attached hydrogens (primary N) is 1. The van der Waals surface area contributed by atoms with Crippen LogP contribution in [0.15, 0.2) is 22.7 Å². The van der Waals surface area contributed by atoms with E-state index in [1.807, 2.05) is 5.38 Å². The van der Waals surface area contributed by atoms with Gasteiger partial charge in [0.2, 0.25) is 0 Å². The first kappa shape index (κ1) is 12.2. The Labute approximate surface area is 103 Å². The highest BCUT2D eigenvalue weighted by molar-refractivity contribution is 7.90. The molecule has 2 rings (SSSR count). The number of thiazole rings is 1. The fourth-order valence-corrected chi connectivity index (χ4v) is 2.52. The van der Waals surface area contributed by atoms with Crippen molar-refractivity contribution < 1.29 is 8.42 Å². The summed E-state index contributed by atoms with van der Waals surface area (Å²) in [6, 6.07) is 0. The van der Waals surface area contributed by atoms with Gasteiger partial charge in [0.1, 0.15) is 9.90 Å². The lowest BCUT2D eigenvalue weighted by atomic mass is 10.5. The molecule has 17 heavy (non-hydrogen) atoms. The van der Waals surface area contributed by atoms with Crippen molar-refractivity contribution in [2.24, 2.45) is 5.73 Å². The van der Waals surface area contributed by atoms with Crippen LogP contribution < -0.4 is 5.73 Å². The summed E-state index contributed by atoms with van der Waals surface area (Å²) in [5, 5.41) is 6.73. The van der Waals surface area contributed by atoms with Gasteiger partial charge in [0.15, 0.2) is 9.84 Å². The minimum absolute atomic E-state index is 0.215. The van der Waals surface area contributed by atoms with Gasteiger partial charge in [-0.25, -0.2) is 13.4 Å².